The molecule has 0 unspecified atom stereocenters. The van der Waals surface area contributed by atoms with Crippen LogP contribution in [0.15, 0.2) is 24.3 Å². The van der Waals surface area contributed by atoms with Crippen molar-refractivity contribution in [3.05, 3.63) is 29.8 Å². The highest BCUT2D eigenvalue weighted by molar-refractivity contribution is 5.91. The molecule has 1 saturated carbocycles. The number of aliphatic hydroxyl groups is 3. The number of aliphatic carboxylic acids is 1. The predicted molar refractivity (Wildman–Crippen MR) is 126 cm³/mol. The van der Waals surface area contributed by atoms with Gasteiger partial charge < -0.3 is 50.0 Å². The number of aliphatic hydroxyl groups excluding tert-OH is 3. The van der Waals surface area contributed by atoms with E-state index in [2.05, 4.69) is 0 Å². The summed E-state index contributed by atoms with van der Waals surface area (Å²) in [5.41, 5.74) is -0.304. The van der Waals surface area contributed by atoms with Crippen molar-refractivity contribution in [1.82, 2.24) is 0 Å². The summed E-state index contributed by atoms with van der Waals surface area (Å²) in [5.74, 6) is -4.96. The van der Waals surface area contributed by atoms with Crippen LogP contribution >= 0.6 is 0 Å². The number of phenols is 3. The van der Waals surface area contributed by atoms with E-state index in [1.807, 2.05) is 0 Å². The van der Waals surface area contributed by atoms with Gasteiger partial charge in [-0.1, -0.05) is 12.2 Å². The molecule has 13 nitrogen and oxygen atoms in total. The number of ether oxygens (including phenoxy) is 3. The van der Waals surface area contributed by atoms with Crippen molar-refractivity contribution in [2.75, 3.05) is 6.61 Å². The first-order valence-electron chi connectivity index (χ1n) is 12.1. The zero-order valence-electron chi connectivity index (χ0n) is 20.5. The summed E-state index contributed by atoms with van der Waals surface area (Å²) in [6.45, 7) is 1.01. The van der Waals surface area contributed by atoms with Crippen LogP contribution < -0.4 is 0 Å². The van der Waals surface area contributed by atoms with Gasteiger partial charge in [-0.2, -0.15) is 0 Å². The fourth-order valence-corrected chi connectivity index (χ4v) is 4.57. The number of Topliss-reactive ketones (excluding diaryl/α,β-unsaturated/α-hetero) is 1. The summed E-state index contributed by atoms with van der Waals surface area (Å²) < 4.78 is 16.2. The number of carboxylic acid groups (broad SMARTS) is 1. The third kappa shape index (κ3) is 6.99. The molecule has 7 N–H and O–H groups in total. The Labute approximate surface area is 217 Å². The van der Waals surface area contributed by atoms with Gasteiger partial charge in [0.2, 0.25) is 0 Å². The molecule has 1 aliphatic heterocycles. The first-order valence-corrected chi connectivity index (χ1v) is 12.1. The minimum atomic E-state index is -1.71. The number of carboxylic acids is 1. The predicted octanol–water partition coefficient (Wildman–Crippen LogP) is 0.189. The van der Waals surface area contributed by atoms with Gasteiger partial charge in [0.25, 0.3) is 0 Å². The van der Waals surface area contributed by atoms with Gasteiger partial charge in [0.15, 0.2) is 23.5 Å². The van der Waals surface area contributed by atoms with Gasteiger partial charge in [0, 0.05) is 18.8 Å². The first kappa shape index (κ1) is 29.3. The Balaban J connectivity index is 1.56. The van der Waals surface area contributed by atoms with Crippen LogP contribution in [0.1, 0.15) is 43.0 Å². The van der Waals surface area contributed by atoms with Gasteiger partial charge in [-0.25, -0.2) is 4.79 Å². The number of phenolic OH excluding ortho intramolecular Hbond substituents is 3. The third-order valence-corrected chi connectivity index (χ3v) is 6.68. The van der Waals surface area contributed by atoms with Crippen molar-refractivity contribution < 1.29 is 64.3 Å². The molecular formula is C25H32O13. The molecule has 1 heterocycles. The van der Waals surface area contributed by atoms with E-state index in [0.717, 1.165) is 12.1 Å². The molecule has 13 heteroatoms. The van der Waals surface area contributed by atoms with E-state index >= 15 is 0 Å². The highest BCUT2D eigenvalue weighted by Gasteiger charge is 2.45. The SMILES string of the molecule is C[C@@H](C=CC[C@@H]1C(=O)CC[C@H]1CC(=O)O)O[C@@H]1O[C@H](COC(=O)c2cc(O)c(O)c(O)c2)[C@@H](O)[C@H](O)[C@H]1O. The van der Waals surface area contributed by atoms with E-state index in [9.17, 15) is 45.0 Å². The lowest BCUT2D eigenvalue weighted by Gasteiger charge is -2.40. The average molecular weight is 541 g/mol. The lowest BCUT2D eigenvalue weighted by Crippen LogP contribution is -2.59. The smallest absolute Gasteiger partial charge is 0.338 e. The number of rotatable bonds is 10. The van der Waals surface area contributed by atoms with E-state index in [0.29, 0.717) is 19.3 Å². The Morgan fingerprint density at radius 3 is 2.39 bits per heavy atom. The van der Waals surface area contributed by atoms with Crippen LogP contribution in [0.3, 0.4) is 0 Å². The summed E-state index contributed by atoms with van der Waals surface area (Å²) in [4.78, 5) is 35.4. The van der Waals surface area contributed by atoms with E-state index in [1.54, 1.807) is 19.1 Å². The molecule has 0 aromatic heterocycles. The van der Waals surface area contributed by atoms with Gasteiger partial charge in [0.1, 0.15) is 36.8 Å². The maximum absolute atomic E-state index is 12.3. The number of hydrogen-bond acceptors (Lipinski definition) is 12. The Morgan fingerprint density at radius 1 is 1.11 bits per heavy atom. The summed E-state index contributed by atoms with van der Waals surface area (Å²) in [7, 11) is 0. The number of esters is 1. The molecular weight excluding hydrogens is 508 g/mol. The van der Waals surface area contributed by atoms with Gasteiger partial charge >= 0.3 is 11.9 Å². The third-order valence-electron chi connectivity index (χ3n) is 6.68. The minimum absolute atomic E-state index is 0.00716. The van der Waals surface area contributed by atoms with Crippen molar-refractivity contribution in [3.8, 4) is 17.2 Å². The van der Waals surface area contributed by atoms with Crippen molar-refractivity contribution in [1.29, 1.82) is 0 Å². The second-order valence-corrected chi connectivity index (χ2v) is 9.45. The van der Waals surface area contributed by atoms with Crippen molar-refractivity contribution in [2.24, 2.45) is 11.8 Å². The second kappa shape index (κ2) is 12.5. The molecule has 210 valence electrons. The van der Waals surface area contributed by atoms with Crippen LogP contribution in [-0.2, 0) is 23.8 Å². The van der Waals surface area contributed by atoms with Crippen molar-refractivity contribution >= 4 is 17.7 Å². The number of allylic oxidation sites excluding steroid dienone is 1. The van der Waals surface area contributed by atoms with Gasteiger partial charge in [0.05, 0.1) is 11.7 Å². The minimum Gasteiger partial charge on any atom is -0.504 e. The topological polar surface area (TPSA) is 221 Å². The maximum Gasteiger partial charge on any atom is 0.338 e. The molecule has 0 radical (unpaired) electrons. The van der Waals surface area contributed by atoms with Crippen molar-refractivity contribution in [3.63, 3.8) is 0 Å². The molecule has 0 bridgehead atoms. The summed E-state index contributed by atoms with van der Waals surface area (Å²) in [6, 6.07) is 1.72. The van der Waals surface area contributed by atoms with Crippen molar-refractivity contribution in [2.45, 2.75) is 69.4 Å². The van der Waals surface area contributed by atoms with Crippen LogP contribution in [0.4, 0.5) is 0 Å². The quantitative estimate of drug-likeness (QED) is 0.120. The fourth-order valence-electron chi connectivity index (χ4n) is 4.57. The maximum atomic E-state index is 12.3. The largest absolute Gasteiger partial charge is 0.504 e. The van der Waals surface area contributed by atoms with Gasteiger partial charge in [-0.15, -0.1) is 0 Å². The highest BCUT2D eigenvalue weighted by Crippen LogP contribution is 2.36. The Kier molecular flexibility index (Phi) is 9.68. The molecule has 1 aromatic rings. The first-order chi connectivity index (χ1) is 17.9. The second-order valence-electron chi connectivity index (χ2n) is 9.45. The molecule has 1 aromatic carbocycles. The molecule has 8 atom stereocenters. The molecule has 3 rings (SSSR count). The number of carbonyl (C=O) groups is 3. The summed E-state index contributed by atoms with van der Waals surface area (Å²) in [6.07, 6.45) is -4.05. The zero-order valence-corrected chi connectivity index (χ0v) is 20.5. The molecule has 1 aliphatic carbocycles. The zero-order chi connectivity index (χ0) is 28.1. The molecule has 0 amide bonds. The fraction of sp³-hybridized carbons (Fsp3) is 0.560. The Morgan fingerprint density at radius 2 is 1.76 bits per heavy atom. The van der Waals surface area contributed by atoms with Crippen LogP contribution in [0.5, 0.6) is 17.2 Å². The van der Waals surface area contributed by atoms with E-state index in [4.69, 9.17) is 19.3 Å². The number of benzene rings is 1. The van der Waals surface area contributed by atoms with Crippen LogP contribution in [0.2, 0.25) is 0 Å². The molecule has 2 aliphatic rings. The number of carbonyl (C=O) groups excluding carboxylic acids is 2. The lowest BCUT2D eigenvalue weighted by molar-refractivity contribution is -0.306. The average Bonchev–Trinajstić information content (AvgIpc) is 3.19. The highest BCUT2D eigenvalue weighted by atomic mass is 16.7. The molecule has 1 saturated heterocycles. The van der Waals surface area contributed by atoms with Crippen LogP contribution in [0, 0.1) is 11.8 Å². The summed E-state index contributed by atoms with van der Waals surface area (Å²) >= 11 is 0. The Bertz CT molecular complexity index is 1030. The molecule has 2 fully saturated rings. The molecule has 38 heavy (non-hydrogen) atoms. The van der Waals surface area contributed by atoms with E-state index < -0.39 is 78.5 Å². The number of aromatic hydroxyl groups is 3. The lowest BCUT2D eigenvalue weighted by atomic mass is 9.89. The van der Waals surface area contributed by atoms with Crippen LogP contribution in [-0.4, -0.2) is 96.9 Å². The summed E-state index contributed by atoms with van der Waals surface area (Å²) in [5, 5.41) is 68.3. The normalized spacial score (nSPS) is 30.4. The Hall–Kier alpha value is -3.23. The van der Waals surface area contributed by atoms with Crippen LogP contribution in [0.25, 0.3) is 0 Å². The standard InChI is InChI=1S/C25H32O13/c1-11(3-2-4-14-12(9-19(29)30)5-6-15(14)26)37-25-23(34)22(33)21(32)18(38-25)10-36-24(35)13-7-16(27)20(31)17(28)8-13/h2-3,7-8,11-12,14,18,21-23,25,27-28,31-34H,4-6,9-10H2,1H3,(H,29,30)/t11-,12-,14-,18+,21+,22-,23+,25+/m0/s1. The number of hydrogen-bond donors (Lipinski definition) is 7. The number of ketones is 1. The van der Waals surface area contributed by atoms with E-state index in [-0.39, 0.29) is 23.7 Å². The molecule has 0 spiro atoms. The van der Waals surface area contributed by atoms with Gasteiger partial charge in [-0.05, 0) is 37.8 Å². The van der Waals surface area contributed by atoms with Gasteiger partial charge in [-0.3, -0.25) is 9.59 Å². The monoisotopic (exact) mass is 540 g/mol. The van der Waals surface area contributed by atoms with E-state index in [1.165, 1.54) is 0 Å².